The Hall–Kier alpha value is -1.65. The number of hydrogen-bond donors (Lipinski definition) is 1. The van der Waals surface area contributed by atoms with Crippen molar-refractivity contribution in [3.8, 4) is 0 Å². The van der Waals surface area contributed by atoms with Crippen molar-refractivity contribution in [2.24, 2.45) is 0 Å². The first-order valence-electron chi connectivity index (χ1n) is 6.68. The minimum atomic E-state index is -3.37. The lowest BCUT2D eigenvalue weighted by Crippen LogP contribution is -2.25. The number of nitrogens with one attached hydrogen (secondary N) is 1. The van der Waals surface area contributed by atoms with E-state index in [1.54, 1.807) is 30.3 Å². The van der Waals surface area contributed by atoms with Gasteiger partial charge < -0.3 is 0 Å². The Morgan fingerprint density at radius 2 is 1.75 bits per heavy atom. The lowest BCUT2D eigenvalue weighted by molar-refractivity contribution is 0.579. The summed E-state index contributed by atoms with van der Waals surface area (Å²) in [5.74, 6) is 0. The van der Waals surface area contributed by atoms with Crippen molar-refractivity contribution in [1.82, 2.24) is 4.72 Å². The van der Waals surface area contributed by atoms with Crippen molar-refractivity contribution in [2.75, 3.05) is 6.54 Å². The van der Waals surface area contributed by atoms with E-state index in [9.17, 15) is 8.42 Å². The third-order valence-electron chi connectivity index (χ3n) is 3.07. The van der Waals surface area contributed by atoms with Crippen LogP contribution in [0.15, 0.2) is 59.5 Å². The second kappa shape index (κ2) is 6.68. The minimum Gasteiger partial charge on any atom is -0.211 e. The van der Waals surface area contributed by atoms with E-state index in [0.29, 0.717) is 11.4 Å². The summed E-state index contributed by atoms with van der Waals surface area (Å²) in [6.07, 6.45) is 1.66. The van der Waals surface area contributed by atoms with Crippen LogP contribution in [0.1, 0.15) is 17.5 Å². The van der Waals surface area contributed by atoms with Crippen molar-refractivity contribution >= 4 is 10.0 Å². The zero-order valence-corrected chi connectivity index (χ0v) is 12.4. The first kappa shape index (κ1) is 14.8. The maximum Gasteiger partial charge on any atom is 0.240 e. The van der Waals surface area contributed by atoms with Crippen LogP contribution in [-0.4, -0.2) is 15.0 Å². The topological polar surface area (TPSA) is 46.2 Å². The normalized spacial score (nSPS) is 11.4. The number of benzene rings is 2. The monoisotopic (exact) mass is 289 g/mol. The Bertz CT molecular complexity index is 651. The van der Waals surface area contributed by atoms with Gasteiger partial charge in [0.05, 0.1) is 4.90 Å². The summed E-state index contributed by atoms with van der Waals surface area (Å²) in [5, 5.41) is 0. The molecule has 0 radical (unpaired) electrons. The zero-order valence-electron chi connectivity index (χ0n) is 11.5. The number of sulfonamides is 1. The predicted octanol–water partition coefficient (Wildman–Crippen LogP) is 2.91. The quantitative estimate of drug-likeness (QED) is 0.831. The summed E-state index contributed by atoms with van der Waals surface area (Å²) in [6, 6.07) is 16.7. The van der Waals surface area contributed by atoms with E-state index in [1.165, 1.54) is 11.1 Å². The average Bonchev–Trinajstić information content (AvgIpc) is 2.45. The zero-order chi connectivity index (χ0) is 14.4. The van der Waals surface area contributed by atoms with Crippen LogP contribution in [0.25, 0.3) is 0 Å². The third kappa shape index (κ3) is 4.18. The largest absolute Gasteiger partial charge is 0.240 e. The molecular formula is C16H19NO2S. The predicted molar refractivity (Wildman–Crippen MR) is 81.1 cm³/mol. The molecule has 0 saturated heterocycles. The molecule has 4 heteroatoms. The van der Waals surface area contributed by atoms with E-state index in [1.807, 2.05) is 6.07 Å². The molecule has 0 aliphatic heterocycles. The van der Waals surface area contributed by atoms with Crippen LogP contribution < -0.4 is 4.72 Å². The molecule has 0 saturated carbocycles. The van der Waals surface area contributed by atoms with Gasteiger partial charge in [-0.3, -0.25) is 0 Å². The third-order valence-corrected chi connectivity index (χ3v) is 4.55. The van der Waals surface area contributed by atoms with E-state index in [2.05, 4.69) is 29.8 Å². The highest BCUT2D eigenvalue weighted by molar-refractivity contribution is 7.89. The summed E-state index contributed by atoms with van der Waals surface area (Å²) < 4.78 is 26.6. The maximum atomic E-state index is 12.0. The van der Waals surface area contributed by atoms with Crippen LogP contribution in [-0.2, 0) is 16.4 Å². The van der Waals surface area contributed by atoms with Crippen molar-refractivity contribution in [3.05, 3.63) is 65.7 Å². The Morgan fingerprint density at radius 1 is 1.00 bits per heavy atom. The highest BCUT2D eigenvalue weighted by Gasteiger charge is 2.11. The van der Waals surface area contributed by atoms with Gasteiger partial charge in [0, 0.05) is 6.54 Å². The van der Waals surface area contributed by atoms with Crippen LogP contribution in [0.5, 0.6) is 0 Å². The van der Waals surface area contributed by atoms with Gasteiger partial charge in [-0.05, 0) is 37.5 Å². The van der Waals surface area contributed by atoms with Gasteiger partial charge in [0.25, 0.3) is 0 Å². The number of hydrogen-bond acceptors (Lipinski definition) is 2. The van der Waals surface area contributed by atoms with E-state index in [-0.39, 0.29) is 0 Å². The fourth-order valence-corrected chi connectivity index (χ4v) is 3.14. The molecule has 3 nitrogen and oxygen atoms in total. The molecule has 2 aromatic rings. The first-order valence-corrected chi connectivity index (χ1v) is 8.16. The molecule has 20 heavy (non-hydrogen) atoms. The van der Waals surface area contributed by atoms with Crippen molar-refractivity contribution < 1.29 is 8.42 Å². The maximum absolute atomic E-state index is 12.0. The first-order chi connectivity index (χ1) is 9.58. The molecule has 0 aliphatic carbocycles. The molecule has 1 N–H and O–H groups in total. The molecule has 0 heterocycles. The molecule has 0 aliphatic rings. The summed E-state index contributed by atoms with van der Waals surface area (Å²) >= 11 is 0. The smallest absolute Gasteiger partial charge is 0.211 e. The minimum absolute atomic E-state index is 0.315. The van der Waals surface area contributed by atoms with Gasteiger partial charge in [-0.2, -0.15) is 0 Å². The molecular weight excluding hydrogens is 270 g/mol. The van der Waals surface area contributed by atoms with Crippen molar-refractivity contribution in [3.63, 3.8) is 0 Å². The van der Waals surface area contributed by atoms with Gasteiger partial charge in [-0.25, -0.2) is 13.1 Å². The summed E-state index contributed by atoms with van der Waals surface area (Å²) in [6.45, 7) is 2.51. The number of aryl methyl sites for hydroxylation is 2. The van der Waals surface area contributed by atoms with Gasteiger partial charge >= 0.3 is 0 Å². The van der Waals surface area contributed by atoms with Gasteiger partial charge in [-0.15, -0.1) is 0 Å². The fraction of sp³-hybridized carbons (Fsp3) is 0.250. The molecule has 2 rings (SSSR count). The van der Waals surface area contributed by atoms with E-state index >= 15 is 0 Å². The van der Waals surface area contributed by atoms with E-state index in [0.717, 1.165) is 12.8 Å². The summed E-state index contributed by atoms with van der Waals surface area (Å²) in [4.78, 5) is 0.315. The van der Waals surface area contributed by atoms with Crippen LogP contribution in [0, 0.1) is 6.92 Å². The molecule has 0 bridgehead atoms. The van der Waals surface area contributed by atoms with E-state index < -0.39 is 10.0 Å². The van der Waals surface area contributed by atoms with Crippen molar-refractivity contribution in [2.45, 2.75) is 24.7 Å². The molecule has 0 amide bonds. The Labute approximate surface area is 120 Å². The van der Waals surface area contributed by atoms with Gasteiger partial charge in [0.2, 0.25) is 10.0 Å². The van der Waals surface area contributed by atoms with Crippen LogP contribution in [0.4, 0.5) is 0 Å². The Morgan fingerprint density at radius 3 is 2.45 bits per heavy atom. The highest BCUT2D eigenvalue weighted by atomic mass is 32.2. The SMILES string of the molecule is Cc1cccc(CCCNS(=O)(=O)c2ccccc2)c1. The Balaban J connectivity index is 1.84. The molecule has 0 atom stereocenters. The van der Waals surface area contributed by atoms with Crippen LogP contribution in [0.2, 0.25) is 0 Å². The standard InChI is InChI=1S/C16H19NO2S/c1-14-7-5-8-15(13-14)9-6-12-17-20(18,19)16-10-3-2-4-11-16/h2-5,7-8,10-11,13,17H,6,9,12H2,1H3. The second-order valence-electron chi connectivity index (χ2n) is 4.80. The van der Waals surface area contributed by atoms with Crippen LogP contribution >= 0.6 is 0 Å². The van der Waals surface area contributed by atoms with Crippen LogP contribution in [0.3, 0.4) is 0 Å². The lowest BCUT2D eigenvalue weighted by Gasteiger charge is -2.07. The lowest BCUT2D eigenvalue weighted by atomic mass is 10.1. The van der Waals surface area contributed by atoms with Gasteiger partial charge in [0.15, 0.2) is 0 Å². The molecule has 0 fully saturated rings. The Kier molecular flexibility index (Phi) is 4.93. The number of rotatable bonds is 6. The average molecular weight is 289 g/mol. The molecule has 106 valence electrons. The van der Waals surface area contributed by atoms with Gasteiger partial charge in [-0.1, -0.05) is 48.0 Å². The summed E-state index contributed by atoms with van der Waals surface area (Å²) in [5.41, 5.74) is 2.47. The summed E-state index contributed by atoms with van der Waals surface area (Å²) in [7, 11) is -3.37. The molecule has 0 unspecified atom stereocenters. The van der Waals surface area contributed by atoms with E-state index in [4.69, 9.17) is 0 Å². The molecule has 2 aromatic carbocycles. The highest BCUT2D eigenvalue weighted by Crippen LogP contribution is 2.08. The fourth-order valence-electron chi connectivity index (χ4n) is 2.05. The molecule has 0 spiro atoms. The molecule has 0 aromatic heterocycles. The van der Waals surface area contributed by atoms with Crippen molar-refractivity contribution in [1.29, 1.82) is 0 Å². The second-order valence-corrected chi connectivity index (χ2v) is 6.57. The van der Waals surface area contributed by atoms with Gasteiger partial charge in [0.1, 0.15) is 0 Å².